The Morgan fingerprint density at radius 1 is 0.848 bits per heavy atom. The normalized spacial score (nSPS) is 12.3. The number of nitrogens with one attached hydrogen (secondary N) is 2. The monoisotopic (exact) mass is 480 g/mol. The van der Waals surface area contributed by atoms with E-state index >= 15 is 0 Å². The Morgan fingerprint density at radius 2 is 1.33 bits per heavy atom. The number of hydrogen-bond acceptors (Lipinski definition) is 3. The Hall–Kier alpha value is -3.31. The maximum atomic E-state index is 14.4. The molecule has 2 rings (SSSR count). The maximum Gasteiger partial charge on any atom is 0.435 e. The van der Waals surface area contributed by atoms with Crippen molar-refractivity contribution in [1.82, 2.24) is 0 Å². The van der Waals surface area contributed by atoms with Gasteiger partial charge in [-0.25, -0.2) is 9.18 Å². The molecular formula is C21H19F7N2O3. The zero-order valence-corrected chi connectivity index (χ0v) is 17.5. The molecule has 2 aromatic carbocycles. The second-order valence-electron chi connectivity index (χ2n) is 7.02. The number of anilines is 2. The SMILES string of the molecule is CCOC(=O)Nc1cccc(NC(=O)c2c(C)cc(C(F)(C(F)(F)F)C(F)(F)F)cc2C)c1. The molecule has 0 bridgehead atoms. The molecule has 0 aliphatic rings. The fourth-order valence-electron chi connectivity index (χ4n) is 3.16. The van der Waals surface area contributed by atoms with Crippen molar-refractivity contribution in [3.8, 4) is 0 Å². The van der Waals surface area contributed by atoms with Gasteiger partial charge in [0.2, 0.25) is 0 Å². The van der Waals surface area contributed by atoms with Crippen LogP contribution in [0.3, 0.4) is 0 Å². The lowest BCUT2D eigenvalue weighted by molar-refractivity contribution is -0.348. The molecule has 0 saturated heterocycles. The van der Waals surface area contributed by atoms with Gasteiger partial charge in [-0.3, -0.25) is 10.1 Å². The van der Waals surface area contributed by atoms with Gasteiger partial charge in [-0.1, -0.05) is 18.2 Å². The van der Waals surface area contributed by atoms with Gasteiger partial charge >= 0.3 is 24.1 Å². The predicted octanol–water partition coefficient (Wildman–Crippen LogP) is 6.41. The second-order valence-corrected chi connectivity index (χ2v) is 7.02. The first-order valence-corrected chi connectivity index (χ1v) is 9.41. The fourth-order valence-corrected chi connectivity index (χ4v) is 3.16. The second kappa shape index (κ2) is 9.28. The summed E-state index contributed by atoms with van der Waals surface area (Å²) in [5.74, 6) is -0.853. The fraction of sp³-hybridized carbons (Fsp3) is 0.333. The van der Waals surface area contributed by atoms with Crippen molar-refractivity contribution in [2.45, 2.75) is 38.8 Å². The number of rotatable bonds is 5. The highest BCUT2D eigenvalue weighted by Crippen LogP contribution is 2.53. The van der Waals surface area contributed by atoms with Gasteiger partial charge in [0.25, 0.3) is 5.91 Å². The van der Waals surface area contributed by atoms with Gasteiger partial charge in [0.05, 0.1) is 6.61 Å². The molecule has 0 aliphatic carbocycles. The number of benzene rings is 2. The van der Waals surface area contributed by atoms with E-state index in [2.05, 4.69) is 10.6 Å². The van der Waals surface area contributed by atoms with Crippen LogP contribution in [0.2, 0.25) is 0 Å². The number of carbonyl (C=O) groups excluding carboxylic acids is 2. The molecular weight excluding hydrogens is 461 g/mol. The van der Waals surface area contributed by atoms with Crippen LogP contribution in [-0.2, 0) is 10.4 Å². The molecule has 33 heavy (non-hydrogen) atoms. The zero-order chi connectivity index (χ0) is 25.2. The molecule has 0 atom stereocenters. The summed E-state index contributed by atoms with van der Waals surface area (Å²) in [5, 5.41) is 4.84. The summed E-state index contributed by atoms with van der Waals surface area (Å²) < 4.78 is 97.5. The van der Waals surface area contributed by atoms with Crippen LogP contribution in [0.4, 0.5) is 46.9 Å². The van der Waals surface area contributed by atoms with E-state index in [0.717, 1.165) is 13.8 Å². The Kier molecular flexibility index (Phi) is 7.30. The number of carbonyl (C=O) groups is 2. The topological polar surface area (TPSA) is 67.4 Å². The van der Waals surface area contributed by atoms with Crippen molar-refractivity contribution in [3.63, 3.8) is 0 Å². The molecule has 0 aliphatic heterocycles. The van der Waals surface area contributed by atoms with Crippen LogP contribution in [-0.4, -0.2) is 31.0 Å². The molecule has 2 N–H and O–H groups in total. The minimum Gasteiger partial charge on any atom is -0.450 e. The van der Waals surface area contributed by atoms with E-state index in [1.54, 1.807) is 6.92 Å². The van der Waals surface area contributed by atoms with Crippen molar-refractivity contribution in [2.24, 2.45) is 0 Å². The number of alkyl halides is 7. The summed E-state index contributed by atoms with van der Waals surface area (Å²) in [6.07, 6.45) is -13.3. The maximum absolute atomic E-state index is 14.4. The first-order chi connectivity index (χ1) is 15.1. The first-order valence-electron chi connectivity index (χ1n) is 9.41. The number of aryl methyl sites for hydroxylation is 2. The van der Waals surface area contributed by atoms with E-state index in [1.165, 1.54) is 24.3 Å². The lowest BCUT2D eigenvalue weighted by Gasteiger charge is -2.31. The van der Waals surface area contributed by atoms with Gasteiger partial charge in [0.1, 0.15) is 0 Å². The van der Waals surface area contributed by atoms with Crippen LogP contribution in [0.25, 0.3) is 0 Å². The molecule has 0 heterocycles. The minimum absolute atomic E-state index is 0.125. The lowest BCUT2D eigenvalue weighted by atomic mass is 9.88. The standard InChI is InChI=1S/C21H19F7N2O3/c1-4-33-18(32)30-15-7-5-6-14(10-15)29-17(31)16-11(2)8-13(9-12(16)3)19(22,20(23,24)25)21(26,27)28/h5-10H,4H2,1-3H3,(H,29,31)(H,30,32). The van der Waals surface area contributed by atoms with Crippen LogP contribution < -0.4 is 10.6 Å². The Labute approximate surface area is 183 Å². The average molecular weight is 480 g/mol. The quantitative estimate of drug-likeness (QED) is 0.486. The smallest absolute Gasteiger partial charge is 0.435 e. The summed E-state index contributed by atoms with van der Waals surface area (Å²) in [4.78, 5) is 24.2. The number of amides is 2. The van der Waals surface area contributed by atoms with Crippen molar-refractivity contribution in [3.05, 3.63) is 58.7 Å². The molecule has 0 radical (unpaired) electrons. The van der Waals surface area contributed by atoms with Crippen molar-refractivity contribution < 1.29 is 45.1 Å². The molecule has 180 valence electrons. The summed E-state index contributed by atoms with van der Waals surface area (Å²) in [7, 11) is 0. The molecule has 0 aromatic heterocycles. The average Bonchev–Trinajstić information content (AvgIpc) is 2.65. The first kappa shape index (κ1) is 25.9. The summed E-state index contributed by atoms with van der Waals surface area (Å²) in [6, 6.07) is 6.46. The number of ether oxygens (including phenoxy) is 1. The van der Waals surface area contributed by atoms with E-state index < -0.39 is 35.6 Å². The van der Waals surface area contributed by atoms with Crippen LogP contribution in [0.1, 0.15) is 34.0 Å². The minimum atomic E-state index is -6.26. The summed E-state index contributed by atoms with van der Waals surface area (Å²) >= 11 is 0. The van der Waals surface area contributed by atoms with E-state index in [4.69, 9.17) is 4.74 Å². The summed E-state index contributed by atoms with van der Waals surface area (Å²) in [5.41, 5.74) is -7.66. The van der Waals surface area contributed by atoms with Crippen LogP contribution in [0, 0.1) is 13.8 Å². The van der Waals surface area contributed by atoms with Crippen LogP contribution in [0.15, 0.2) is 36.4 Å². The Balaban J connectivity index is 2.38. The Bertz CT molecular complexity index is 1010. The zero-order valence-electron chi connectivity index (χ0n) is 17.5. The molecule has 2 amide bonds. The molecule has 5 nitrogen and oxygen atoms in total. The molecule has 0 saturated carbocycles. The van der Waals surface area contributed by atoms with Crippen molar-refractivity contribution >= 4 is 23.4 Å². The van der Waals surface area contributed by atoms with Gasteiger partial charge < -0.3 is 10.1 Å². The molecule has 0 unspecified atom stereocenters. The van der Waals surface area contributed by atoms with Crippen LogP contribution in [0.5, 0.6) is 0 Å². The molecule has 12 heteroatoms. The predicted molar refractivity (Wildman–Crippen MR) is 106 cm³/mol. The van der Waals surface area contributed by atoms with Gasteiger partial charge in [0, 0.05) is 22.5 Å². The summed E-state index contributed by atoms with van der Waals surface area (Å²) in [6.45, 7) is 3.91. The third-order valence-electron chi connectivity index (χ3n) is 4.58. The van der Waals surface area contributed by atoms with Gasteiger partial charge in [-0.15, -0.1) is 0 Å². The molecule has 2 aromatic rings. The highest BCUT2D eigenvalue weighted by molar-refractivity contribution is 6.06. The lowest BCUT2D eigenvalue weighted by Crippen LogP contribution is -2.50. The van der Waals surface area contributed by atoms with E-state index in [0.29, 0.717) is 12.1 Å². The van der Waals surface area contributed by atoms with Gasteiger partial charge in [0.15, 0.2) is 0 Å². The molecule has 0 fully saturated rings. The van der Waals surface area contributed by atoms with E-state index in [1.807, 2.05) is 0 Å². The van der Waals surface area contributed by atoms with Crippen molar-refractivity contribution in [2.75, 3.05) is 17.2 Å². The highest BCUT2D eigenvalue weighted by atomic mass is 19.4. The van der Waals surface area contributed by atoms with Crippen molar-refractivity contribution in [1.29, 1.82) is 0 Å². The van der Waals surface area contributed by atoms with E-state index in [-0.39, 0.29) is 34.7 Å². The highest BCUT2D eigenvalue weighted by Gasteiger charge is 2.73. The third kappa shape index (κ3) is 5.37. The number of halogens is 7. The van der Waals surface area contributed by atoms with Gasteiger partial charge in [-0.05, 0) is 50.1 Å². The Morgan fingerprint density at radius 3 is 1.79 bits per heavy atom. The largest absolute Gasteiger partial charge is 0.450 e. The van der Waals surface area contributed by atoms with E-state index in [9.17, 15) is 40.3 Å². The molecule has 0 spiro atoms. The third-order valence-corrected chi connectivity index (χ3v) is 4.58. The number of hydrogen-bond donors (Lipinski definition) is 2. The van der Waals surface area contributed by atoms with Gasteiger partial charge in [-0.2, -0.15) is 26.3 Å². The van der Waals surface area contributed by atoms with Crippen LogP contribution >= 0.6 is 0 Å².